The second kappa shape index (κ2) is 7.62. The fourth-order valence-corrected chi connectivity index (χ4v) is 2.84. The van der Waals surface area contributed by atoms with Crippen LogP contribution in [-0.2, 0) is 16.0 Å². The van der Waals surface area contributed by atoms with Crippen LogP contribution in [0, 0.1) is 0 Å². The summed E-state index contributed by atoms with van der Waals surface area (Å²) < 4.78 is 4.86. The summed E-state index contributed by atoms with van der Waals surface area (Å²) >= 11 is 0. The zero-order valence-electron chi connectivity index (χ0n) is 13.9. The molecule has 4 heteroatoms. The molecule has 0 fully saturated rings. The highest BCUT2D eigenvalue weighted by atomic mass is 16.5. The van der Waals surface area contributed by atoms with Crippen molar-refractivity contribution in [2.75, 3.05) is 7.11 Å². The number of amides is 1. The van der Waals surface area contributed by atoms with Crippen molar-refractivity contribution in [2.24, 2.45) is 0 Å². The number of esters is 1. The van der Waals surface area contributed by atoms with Gasteiger partial charge in [0.25, 0.3) is 5.91 Å². The first-order valence-corrected chi connectivity index (χ1v) is 8.09. The number of benzene rings is 3. The molecular weight excluding hydrogens is 314 g/mol. The molecule has 0 heterocycles. The van der Waals surface area contributed by atoms with Gasteiger partial charge in [-0.05, 0) is 22.4 Å². The summed E-state index contributed by atoms with van der Waals surface area (Å²) in [7, 11) is 1.32. The predicted octanol–water partition coefficient (Wildman–Crippen LogP) is 3.35. The molecule has 0 unspecified atom stereocenters. The van der Waals surface area contributed by atoms with Crippen LogP contribution in [-0.4, -0.2) is 25.0 Å². The third kappa shape index (κ3) is 3.86. The van der Waals surface area contributed by atoms with E-state index in [4.69, 9.17) is 4.74 Å². The number of fused-ring (bicyclic) bond motifs is 1. The average Bonchev–Trinajstić information content (AvgIpc) is 2.67. The smallest absolute Gasteiger partial charge is 0.328 e. The molecule has 1 atom stereocenters. The standard InChI is InChI=1S/C21H19NO3/c1-25-21(24)19(14-15-8-3-2-4-9-15)22-20(23)18-13-7-11-16-10-5-6-12-17(16)18/h2-13,19H,14H2,1H3,(H,22,23)/t19-/m1/s1. The molecule has 0 bridgehead atoms. The van der Waals surface area contributed by atoms with E-state index in [1.807, 2.05) is 66.7 Å². The number of carbonyl (C=O) groups excluding carboxylic acids is 2. The molecule has 126 valence electrons. The highest BCUT2D eigenvalue weighted by molar-refractivity contribution is 6.08. The molecule has 0 aliphatic carbocycles. The van der Waals surface area contributed by atoms with Crippen LogP contribution in [0.4, 0.5) is 0 Å². The Bertz CT molecular complexity index is 885. The Morgan fingerprint density at radius 2 is 1.60 bits per heavy atom. The maximum atomic E-state index is 12.8. The summed E-state index contributed by atoms with van der Waals surface area (Å²) in [6.07, 6.45) is 0.379. The summed E-state index contributed by atoms with van der Waals surface area (Å²) in [6, 6.07) is 22.0. The van der Waals surface area contributed by atoms with Crippen molar-refractivity contribution in [3.63, 3.8) is 0 Å². The third-order valence-electron chi connectivity index (χ3n) is 4.11. The first-order valence-electron chi connectivity index (χ1n) is 8.09. The van der Waals surface area contributed by atoms with E-state index >= 15 is 0 Å². The molecule has 0 aliphatic heterocycles. The van der Waals surface area contributed by atoms with Crippen LogP contribution in [0.3, 0.4) is 0 Å². The highest BCUT2D eigenvalue weighted by Gasteiger charge is 2.23. The Morgan fingerprint density at radius 1 is 0.920 bits per heavy atom. The quantitative estimate of drug-likeness (QED) is 0.729. The fourth-order valence-electron chi connectivity index (χ4n) is 2.84. The molecule has 0 radical (unpaired) electrons. The molecule has 3 rings (SSSR count). The molecule has 0 aromatic heterocycles. The summed E-state index contributed by atoms with van der Waals surface area (Å²) in [4.78, 5) is 24.9. The summed E-state index contributed by atoms with van der Waals surface area (Å²) in [5, 5.41) is 4.64. The lowest BCUT2D eigenvalue weighted by Gasteiger charge is -2.17. The number of methoxy groups -OCH3 is 1. The zero-order valence-corrected chi connectivity index (χ0v) is 13.9. The van der Waals surface area contributed by atoms with E-state index in [0.29, 0.717) is 12.0 Å². The van der Waals surface area contributed by atoms with Gasteiger partial charge in [-0.25, -0.2) is 4.79 Å². The number of hydrogen-bond donors (Lipinski definition) is 1. The van der Waals surface area contributed by atoms with E-state index in [-0.39, 0.29) is 5.91 Å². The first kappa shape index (κ1) is 16.7. The van der Waals surface area contributed by atoms with Crippen LogP contribution in [0.1, 0.15) is 15.9 Å². The third-order valence-corrected chi connectivity index (χ3v) is 4.11. The minimum absolute atomic E-state index is 0.289. The van der Waals surface area contributed by atoms with E-state index in [2.05, 4.69) is 5.32 Å². The van der Waals surface area contributed by atoms with Crippen LogP contribution in [0.25, 0.3) is 10.8 Å². The zero-order chi connectivity index (χ0) is 17.6. The van der Waals surface area contributed by atoms with Crippen molar-refractivity contribution in [2.45, 2.75) is 12.5 Å². The van der Waals surface area contributed by atoms with Crippen LogP contribution >= 0.6 is 0 Å². The maximum absolute atomic E-state index is 12.8. The molecular formula is C21H19NO3. The largest absolute Gasteiger partial charge is 0.467 e. The van der Waals surface area contributed by atoms with Crippen molar-refractivity contribution in [1.82, 2.24) is 5.32 Å². The van der Waals surface area contributed by atoms with Gasteiger partial charge in [-0.15, -0.1) is 0 Å². The number of nitrogens with one attached hydrogen (secondary N) is 1. The normalized spacial score (nSPS) is 11.7. The van der Waals surface area contributed by atoms with Crippen LogP contribution in [0.15, 0.2) is 72.8 Å². The summed E-state index contributed by atoms with van der Waals surface area (Å²) in [5.41, 5.74) is 1.50. The minimum atomic E-state index is -0.737. The van der Waals surface area contributed by atoms with Crippen molar-refractivity contribution in [3.8, 4) is 0 Å². The summed E-state index contributed by atoms with van der Waals surface area (Å²) in [6.45, 7) is 0. The van der Waals surface area contributed by atoms with Crippen molar-refractivity contribution in [3.05, 3.63) is 83.9 Å². The maximum Gasteiger partial charge on any atom is 0.328 e. The molecule has 0 aliphatic rings. The average molecular weight is 333 g/mol. The molecule has 25 heavy (non-hydrogen) atoms. The molecule has 1 amide bonds. The van der Waals surface area contributed by atoms with Gasteiger partial charge in [-0.2, -0.15) is 0 Å². The topological polar surface area (TPSA) is 55.4 Å². The van der Waals surface area contributed by atoms with Crippen molar-refractivity contribution in [1.29, 1.82) is 0 Å². The second-order valence-corrected chi connectivity index (χ2v) is 5.77. The minimum Gasteiger partial charge on any atom is -0.467 e. The predicted molar refractivity (Wildman–Crippen MR) is 97.4 cm³/mol. The lowest BCUT2D eigenvalue weighted by Crippen LogP contribution is -2.43. The van der Waals surface area contributed by atoms with E-state index in [1.165, 1.54) is 7.11 Å². The Kier molecular flexibility index (Phi) is 5.09. The van der Waals surface area contributed by atoms with E-state index in [0.717, 1.165) is 16.3 Å². The van der Waals surface area contributed by atoms with Crippen molar-refractivity contribution < 1.29 is 14.3 Å². The van der Waals surface area contributed by atoms with Gasteiger partial charge in [-0.1, -0.05) is 66.7 Å². The first-order chi connectivity index (χ1) is 12.2. The van der Waals surface area contributed by atoms with Gasteiger partial charge in [-0.3, -0.25) is 4.79 Å². The molecule has 4 nitrogen and oxygen atoms in total. The summed E-state index contributed by atoms with van der Waals surface area (Å²) in [5.74, 6) is -0.749. The van der Waals surface area contributed by atoms with E-state index < -0.39 is 12.0 Å². The molecule has 3 aromatic rings. The van der Waals surface area contributed by atoms with Crippen LogP contribution < -0.4 is 5.32 Å². The molecule has 0 saturated heterocycles. The number of ether oxygens (including phenoxy) is 1. The van der Waals surface area contributed by atoms with Gasteiger partial charge in [0.15, 0.2) is 0 Å². The van der Waals surface area contributed by atoms with Gasteiger partial charge in [0, 0.05) is 12.0 Å². The van der Waals surface area contributed by atoms with Crippen molar-refractivity contribution >= 4 is 22.6 Å². The van der Waals surface area contributed by atoms with Gasteiger partial charge in [0.05, 0.1) is 7.11 Å². The Morgan fingerprint density at radius 3 is 2.36 bits per heavy atom. The molecule has 0 spiro atoms. The Labute approximate surface area is 146 Å². The Balaban J connectivity index is 1.85. The highest BCUT2D eigenvalue weighted by Crippen LogP contribution is 2.18. The lowest BCUT2D eigenvalue weighted by molar-refractivity contribution is -0.142. The van der Waals surface area contributed by atoms with Gasteiger partial charge in [0.1, 0.15) is 6.04 Å². The fraction of sp³-hybridized carbons (Fsp3) is 0.143. The monoisotopic (exact) mass is 333 g/mol. The SMILES string of the molecule is COC(=O)[C@@H](Cc1ccccc1)NC(=O)c1cccc2ccccc12. The van der Waals surface area contributed by atoms with Crippen LogP contribution in [0.2, 0.25) is 0 Å². The molecule has 3 aromatic carbocycles. The lowest BCUT2D eigenvalue weighted by atomic mass is 10.0. The molecule has 1 N–H and O–H groups in total. The van der Waals surface area contributed by atoms with Crippen LogP contribution in [0.5, 0.6) is 0 Å². The van der Waals surface area contributed by atoms with Gasteiger partial charge < -0.3 is 10.1 Å². The van der Waals surface area contributed by atoms with E-state index in [9.17, 15) is 9.59 Å². The number of hydrogen-bond acceptors (Lipinski definition) is 3. The number of carbonyl (C=O) groups is 2. The second-order valence-electron chi connectivity index (χ2n) is 5.77. The Hall–Kier alpha value is -3.14. The number of rotatable bonds is 5. The van der Waals surface area contributed by atoms with Gasteiger partial charge in [0.2, 0.25) is 0 Å². The van der Waals surface area contributed by atoms with Gasteiger partial charge >= 0.3 is 5.97 Å². The molecule has 0 saturated carbocycles. The van der Waals surface area contributed by atoms with E-state index in [1.54, 1.807) is 6.07 Å².